The molecule has 3 aliphatic rings. The fourth-order valence-corrected chi connectivity index (χ4v) is 8.02. The van der Waals surface area contributed by atoms with E-state index in [0.717, 1.165) is 73.6 Å². The minimum Gasteiger partial charge on any atom is -0.443 e. The average molecular weight is 610 g/mol. The normalized spacial score (nSPS) is 18.9. The molecule has 1 unspecified atom stereocenters. The van der Waals surface area contributed by atoms with E-state index in [-0.39, 0.29) is 0 Å². The van der Waals surface area contributed by atoms with Gasteiger partial charge in [0.05, 0.1) is 11.4 Å². The van der Waals surface area contributed by atoms with Crippen molar-refractivity contribution in [1.82, 2.24) is 15.0 Å². The van der Waals surface area contributed by atoms with Crippen LogP contribution in [0.15, 0.2) is 138 Å². The Bertz CT molecular complexity index is 2120. The Morgan fingerprint density at radius 1 is 0.532 bits per heavy atom. The highest BCUT2D eigenvalue weighted by Crippen LogP contribution is 2.50. The fraction of sp³-hybridized carbons (Fsp3) is 0.186. The van der Waals surface area contributed by atoms with Crippen molar-refractivity contribution in [3.8, 4) is 56.2 Å². The second-order valence-corrected chi connectivity index (χ2v) is 13.2. The molecule has 2 aromatic heterocycles. The first kappa shape index (κ1) is 27.9. The Hall–Kier alpha value is -5.35. The third-order valence-corrected chi connectivity index (χ3v) is 10.5. The van der Waals surface area contributed by atoms with E-state index in [1.54, 1.807) is 6.39 Å². The molecule has 47 heavy (non-hydrogen) atoms. The lowest BCUT2D eigenvalue weighted by atomic mass is 9.63. The molecule has 0 N–H and O–H groups in total. The average Bonchev–Trinajstić information content (AvgIpc) is 3.66. The van der Waals surface area contributed by atoms with E-state index in [0.29, 0.717) is 5.82 Å². The van der Waals surface area contributed by atoms with Crippen LogP contribution in [0.3, 0.4) is 0 Å². The second kappa shape index (κ2) is 11.8. The molecule has 0 amide bonds. The maximum absolute atomic E-state index is 6.07. The van der Waals surface area contributed by atoms with Crippen LogP contribution in [0, 0.1) is 11.8 Å². The number of hydrogen-bond donors (Lipinski definition) is 0. The van der Waals surface area contributed by atoms with E-state index in [1.165, 1.54) is 43.2 Å². The number of hydrogen-bond acceptors (Lipinski definition) is 4. The molecule has 4 heteroatoms. The predicted octanol–water partition coefficient (Wildman–Crippen LogP) is 11.2. The number of nitrogens with zero attached hydrogens (tertiary/aromatic N) is 3. The molecule has 0 spiro atoms. The summed E-state index contributed by atoms with van der Waals surface area (Å²) in [6.07, 6.45) is 8.59. The Balaban J connectivity index is 1.07. The molecule has 0 radical (unpaired) electrons. The maximum Gasteiger partial charge on any atom is 0.182 e. The first-order chi connectivity index (χ1) is 23.3. The van der Waals surface area contributed by atoms with Crippen LogP contribution in [0.2, 0.25) is 0 Å². The van der Waals surface area contributed by atoms with E-state index >= 15 is 0 Å². The van der Waals surface area contributed by atoms with E-state index < -0.39 is 0 Å². The summed E-state index contributed by atoms with van der Waals surface area (Å²) >= 11 is 0. The molecule has 7 aromatic rings. The fourth-order valence-electron chi connectivity index (χ4n) is 8.02. The summed E-state index contributed by atoms with van der Waals surface area (Å²) in [6, 6.07) is 44.7. The third-order valence-electron chi connectivity index (χ3n) is 10.5. The molecular weight excluding hydrogens is 574 g/mol. The summed E-state index contributed by atoms with van der Waals surface area (Å²) in [5, 5.41) is 0. The molecule has 5 aromatic carbocycles. The zero-order valence-electron chi connectivity index (χ0n) is 26.2. The van der Waals surface area contributed by atoms with Crippen LogP contribution >= 0.6 is 0 Å². The van der Waals surface area contributed by atoms with Gasteiger partial charge in [0, 0.05) is 27.8 Å². The lowest BCUT2D eigenvalue weighted by Crippen LogP contribution is -2.29. The van der Waals surface area contributed by atoms with Gasteiger partial charge in [-0.05, 0) is 71.9 Å². The summed E-state index contributed by atoms with van der Waals surface area (Å²) in [6.45, 7) is 0. The lowest BCUT2D eigenvalue weighted by Gasteiger charge is -2.42. The van der Waals surface area contributed by atoms with Crippen LogP contribution in [0.1, 0.15) is 43.6 Å². The van der Waals surface area contributed by atoms with E-state index in [2.05, 4.69) is 91.0 Å². The molecule has 3 fully saturated rings. The zero-order valence-corrected chi connectivity index (χ0v) is 26.2. The van der Waals surface area contributed by atoms with Gasteiger partial charge >= 0.3 is 0 Å². The maximum atomic E-state index is 6.07. The molecule has 3 aliphatic carbocycles. The van der Waals surface area contributed by atoms with Crippen LogP contribution < -0.4 is 0 Å². The Morgan fingerprint density at radius 3 is 1.91 bits per heavy atom. The van der Waals surface area contributed by atoms with Crippen LogP contribution in [0.4, 0.5) is 0 Å². The monoisotopic (exact) mass is 609 g/mol. The van der Waals surface area contributed by atoms with Gasteiger partial charge in [0.25, 0.3) is 0 Å². The van der Waals surface area contributed by atoms with Gasteiger partial charge in [-0.1, -0.05) is 122 Å². The van der Waals surface area contributed by atoms with Gasteiger partial charge in [-0.2, -0.15) is 0 Å². The standard InChI is InChI=1S/C43H35N3O/c1-3-8-32(9-4-1)39-26-40(46-43(45-39)33-10-5-2-6-11-33)35-13-7-12-34(25-35)36-22-23-37(42-41(36)44-27-47-42)29-18-20-31(21-19-29)38-24-28-14-16-30(38)17-15-28/h1-13,18-23,25-28,30,38H,14-17,24H2. The topological polar surface area (TPSA) is 51.8 Å². The number of benzene rings is 5. The Morgan fingerprint density at radius 2 is 1.19 bits per heavy atom. The first-order valence-electron chi connectivity index (χ1n) is 16.8. The van der Waals surface area contributed by atoms with Gasteiger partial charge < -0.3 is 4.42 Å². The number of aromatic nitrogens is 3. The van der Waals surface area contributed by atoms with Crippen molar-refractivity contribution >= 4 is 11.1 Å². The van der Waals surface area contributed by atoms with Crippen molar-refractivity contribution in [2.75, 3.05) is 0 Å². The van der Waals surface area contributed by atoms with Crippen molar-refractivity contribution < 1.29 is 4.42 Å². The molecule has 4 nitrogen and oxygen atoms in total. The zero-order chi connectivity index (χ0) is 31.2. The van der Waals surface area contributed by atoms with Crippen molar-refractivity contribution in [3.63, 3.8) is 0 Å². The van der Waals surface area contributed by atoms with Gasteiger partial charge in [-0.25, -0.2) is 15.0 Å². The Labute approximate surface area is 275 Å². The number of rotatable bonds is 6. The molecule has 10 rings (SSSR count). The summed E-state index contributed by atoms with van der Waals surface area (Å²) in [4.78, 5) is 14.7. The van der Waals surface area contributed by atoms with Crippen molar-refractivity contribution in [3.05, 3.63) is 139 Å². The SMILES string of the molecule is c1ccc(-c2cc(-c3cccc(-c4ccc(-c5ccc(C6CC7CCC6CC7)cc5)c5ocnc45)c3)nc(-c3ccccc3)n2)cc1. The molecule has 0 saturated heterocycles. The lowest BCUT2D eigenvalue weighted by molar-refractivity contribution is 0.145. The van der Waals surface area contributed by atoms with E-state index in [9.17, 15) is 0 Å². The summed E-state index contributed by atoms with van der Waals surface area (Å²) in [7, 11) is 0. The van der Waals surface area contributed by atoms with Crippen LogP contribution in [-0.2, 0) is 0 Å². The van der Waals surface area contributed by atoms with Gasteiger partial charge in [-0.3, -0.25) is 0 Å². The minimum atomic E-state index is 0.706. The van der Waals surface area contributed by atoms with E-state index in [1.807, 2.05) is 36.4 Å². The molecular formula is C43H35N3O. The van der Waals surface area contributed by atoms with Crippen molar-refractivity contribution in [2.45, 2.75) is 38.0 Å². The van der Waals surface area contributed by atoms with Gasteiger partial charge in [0.1, 0.15) is 5.52 Å². The molecule has 3 saturated carbocycles. The van der Waals surface area contributed by atoms with Gasteiger partial charge in [0.15, 0.2) is 17.8 Å². The first-order valence-corrected chi connectivity index (χ1v) is 16.8. The van der Waals surface area contributed by atoms with Crippen LogP contribution in [0.25, 0.3) is 67.3 Å². The molecule has 2 heterocycles. The third kappa shape index (κ3) is 5.24. The quantitative estimate of drug-likeness (QED) is 0.188. The Kier molecular flexibility index (Phi) is 7.00. The van der Waals surface area contributed by atoms with Crippen LogP contribution in [0.5, 0.6) is 0 Å². The summed E-state index contributed by atoms with van der Waals surface area (Å²) < 4.78 is 6.07. The molecule has 1 atom stereocenters. The largest absolute Gasteiger partial charge is 0.443 e. The highest BCUT2D eigenvalue weighted by Gasteiger charge is 2.36. The molecule has 2 bridgehead atoms. The summed E-state index contributed by atoms with van der Waals surface area (Å²) in [5.74, 6) is 3.21. The minimum absolute atomic E-state index is 0.706. The molecule has 228 valence electrons. The summed E-state index contributed by atoms with van der Waals surface area (Å²) in [5.41, 5.74) is 12.4. The smallest absolute Gasteiger partial charge is 0.182 e. The van der Waals surface area contributed by atoms with Crippen LogP contribution in [-0.4, -0.2) is 15.0 Å². The number of fused-ring (bicyclic) bond motifs is 4. The van der Waals surface area contributed by atoms with Gasteiger partial charge in [-0.15, -0.1) is 0 Å². The van der Waals surface area contributed by atoms with Crippen molar-refractivity contribution in [2.24, 2.45) is 11.8 Å². The van der Waals surface area contributed by atoms with Gasteiger partial charge in [0.2, 0.25) is 0 Å². The predicted molar refractivity (Wildman–Crippen MR) is 190 cm³/mol. The number of oxazole rings is 1. The van der Waals surface area contributed by atoms with E-state index in [4.69, 9.17) is 19.4 Å². The highest BCUT2D eigenvalue weighted by atomic mass is 16.3. The highest BCUT2D eigenvalue weighted by molar-refractivity contribution is 5.99. The van der Waals surface area contributed by atoms with Crippen molar-refractivity contribution in [1.29, 1.82) is 0 Å². The molecule has 0 aliphatic heterocycles. The second-order valence-electron chi connectivity index (χ2n) is 13.2.